The molecule has 0 bridgehead atoms. The van der Waals surface area contributed by atoms with Crippen molar-refractivity contribution in [2.24, 2.45) is 5.92 Å². The maximum atomic E-state index is 11.4. The number of hydrogen-bond acceptors (Lipinski definition) is 4. The van der Waals surface area contributed by atoms with Crippen LogP contribution in [0.25, 0.3) is 0 Å². The smallest absolute Gasteiger partial charge is 0.150 e. The second-order valence-corrected chi connectivity index (χ2v) is 8.08. The number of benzene rings is 1. The van der Waals surface area contributed by atoms with Crippen molar-refractivity contribution in [1.82, 2.24) is 5.32 Å². The zero-order valence-corrected chi connectivity index (χ0v) is 14.1. The Bertz CT molecular complexity index is 512. The number of hydrogen-bond donors (Lipinski definition) is 1. The Morgan fingerprint density at radius 2 is 2.05 bits per heavy atom. The molecule has 21 heavy (non-hydrogen) atoms. The molecule has 0 heterocycles. The number of ether oxygens (including phenoxy) is 1. The monoisotopic (exact) mass is 313 g/mol. The highest BCUT2D eigenvalue weighted by Crippen LogP contribution is 2.13. The summed E-state index contributed by atoms with van der Waals surface area (Å²) in [4.78, 5) is 0. The summed E-state index contributed by atoms with van der Waals surface area (Å²) in [6.45, 7) is 8.26. The van der Waals surface area contributed by atoms with Gasteiger partial charge in [0.05, 0.1) is 12.4 Å². The highest BCUT2D eigenvalue weighted by atomic mass is 32.2. The molecule has 4 nitrogen and oxygen atoms in total. The van der Waals surface area contributed by atoms with E-state index in [9.17, 15) is 8.42 Å². The standard InChI is InChI=1S/C16H27NO3S/c1-4-21(18,19)10-6-9-20-16-8-5-7-15(11-16)13-17-12-14(2)3/h5,7-8,11,14,17H,4,6,9-10,12-13H2,1-3H3. The highest BCUT2D eigenvalue weighted by molar-refractivity contribution is 7.91. The van der Waals surface area contributed by atoms with Crippen molar-refractivity contribution in [2.75, 3.05) is 24.7 Å². The van der Waals surface area contributed by atoms with Crippen molar-refractivity contribution in [3.63, 3.8) is 0 Å². The van der Waals surface area contributed by atoms with Gasteiger partial charge in [-0.2, -0.15) is 0 Å². The Hall–Kier alpha value is -1.07. The van der Waals surface area contributed by atoms with Gasteiger partial charge >= 0.3 is 0 Å². The molecule has 0 aliphatic heterocycles. The highest BCUT2D eigenvalue weighted by Gasteiger charge is 2.06. The lowest BCUT2D eigenvalue weighted by Crippen LogP contribution is -2.18. The van der Waals surface area contributed by atoms with Crippen LogP contribution >= 0.6 is 0 Å². The van der Waals surface area contributed by atoms with Crippen LogP contribution in [0.1, 0.15) is 32.8 Å². The molecule has 0 saturated heterocycles. The minimum absolute atomic E-state index is 0.194. The molecule has 1 aromatic carbocycles. The number of sulfone groups is 1. The predicted octanol–water partition coefficient (Wildman–Crippen LogP) is 2.64. The van der Waals surface area contributed by atoms with E-state index in [4.69, 9.17) is 4.74 Å². The minimum atomic E-state index is -2.89. The Labute approximate surface area is 128 Å². The van der Waals surface area contributed by atoms with Gasteiger partial charge in [0.25, 0.3) is 0 Å². The Morgan fingerprint density at radius 1 is 1.29 bits per heavy atom. The second kappa shape index (κ2) is 9.05. The van der Waals surface area contributed by atoms with Crippen LogP contribution in [0, 0.1) is 5.92 Å². The summed E-state index contributed by atoms with van der Waals surface area (Å²) in [6.07, 6.45) is 0.534. The van der Waals surface area contributed by atoms with Gasteiger partial charge in [-0.1, -0.05) is 32.9 Å². The van der Waals surface area contributed by atoms with E-state index in [1.807, 2.05) is 18.2 Å². The maximum absolute atomic E-state index is 11.4. The number of rotatable bonds is 10. The average Bonchev–Trinajstić information content (AvgIpc) is 2.44. The molecule has 0 fully saturated rings. The van der Waals surface area contributed by atoms with E-state index in [1.54, 1.807) is 6.92 Å². The fourth-order valence-corrected chi connectivity index (χ4v) is 2.71. The van der Waals surface area contributed by atoms with Crippen molar-refractivity contribution in [1.29, 1.82) is 0 Å². The Morgan fingerprint density at radius 3 is 2.71 bits per heavy atom. The van der Waals surface area contributed by atoms with Crippen molar-refractivity contribution < 1.29 is 13.2 Å². The fraction of sp³-hybridized carbons (Fsp3) is 0.625. The van der Waals surface area contributed by atoms with E-state index >= 15 is 0 Å². The second-order valence-electron chi connectivity index (χ2n) is 5.61. The van der Waals surface area contributed by atoms with Crippen LogP contribution in [-0.4, -0.2) is 33.1 Å². The van der Waals surface area contributed by atoms with Gasteiger partial charge in [-0.3, -0.25) is 0 Å². The van der Waals surface area contributed by atoms with Crippen LogP contribution in [0.2, 0.25) is 0 Å². The maximum Gasteiger partial charge on any atom is 0.150 e. The lowest BCUT2D eigenvalue weighted by Gasteiger charge is -2.10. The Balaban J connectivity index is 2.35. The van der Waals surface area contributed by atoms with E-state index in [-0.39, 0.29) is 11.5 Å². The summed E-state index contributed by atoms with van der Waals surface area (Å²) in [5.41, 5.74) is 1.18. The topological polar surface area (TPSA) is 55.4 Å². The van der Waals surface area contributed by atoms with Crippen LogP contribution in [0.3, 0.4) is 0 Å². The van der Waals surface area contributed by atoms with Gasteiger partial charge in [0.2, 0.25) is 0 Å². The third-order valence-electron chi connectivity index (χ3n) is 3.09. The first-order valence-corrected chi connectivity index (χ1v) is 9.38. The van der Waals surface area contributed by atoms with E-state index in [0.29, 0.717) is 18.9 Å². The molecule has 1 N–H and O–H groups in total. The zero-order chi connectivity index (χ0) is 15.7. The summed E-state index contributed by atoms with van der Waals surface area (Å²) in [6, 6.07) is 7.92. The fourth-order valence-electron chi connectivity index (χ4n) is 1.86. The molecule has 1 rings (SSSR count). The number of nitrogens with one attached hydrogen (secondary N) is 1. The summed E-state index contributed by atoms with van der Waals surface area (Å²) in [7, 11) is -2.89. The van der Waals surface area contributed by atoms with Gasteiger partial charge in [-0.05, 0) is 36.6 Å². The lowest BCUT2D eigenvalue weighted by atomic mass is 10.2. The summed E-state index contributed by atoms with van der Waals surface area (Å²) >= 11 is 0. The normalized spacial score (nSPS) is 11.8. The SMILES string of the molecule is CCS(=O)(=O)CCCOc1cccc(CNCC(C)C)c1. The third-order valence-corrected chi connectivity index (χ3v) is 4.88. The van der Waals surface area contributed by atoms with Crippen LogP contribution in [0.4, 0.5) is 0 Å². The molecular formula is C16H27NO3S. The van der Waals surface area contributed by atoms with E-state index in [0.717, 1.165) is 18.8 Å². The zero-order valence-electron chi connectivity index (χ0n) is 13.3. The Kier molecular flexibility index (Phi) is 7.75. The first-order valence-electron chi connectivity index (χ1n) is 7.56. The van der Waals surface area contributed by atoms with Crippen LogP contribution in [-0.2, 0) is 16.4 Å². The molecule has 0 saturated carbocycles. The summed E-state index contributed by atoms with van der Waals surface area (Å²) < 4.78 is 28.4. The molecule has 0 spiro atoms. The summed E-state index contributed by atoms with van der Waals surface area (Å²) in [5.74, 6) is 1.82. The first-order chi connectivity index (χ1) is 9.93. The molecule has 0 aliphatic carbocycles. The molecule has 5 heteroatoms. The van der Waals surface area contributed by atoms with E-state index < -0.39 is 9.84 Å². The predicted molar refractivity (Wildman–Crippen MR) is 87.4 cm³/mol. The first kappa shape index (κ1) is 18.0. The van der Waals surface area contributed by atoms with Crippen molar-refractivity contribution in [2.45, 2.75) is 33.7 Å². The van der Waals surface area contributed by atoms with E-state index in [1.165, 1.54) is 5.56 Å². The quantitative estimate of drug-likeness (QED) is 0.675. The third kappa shape index (κ3) is 8.07. The van der Waals surface area contributed by atoms with Gasteiger partial charge < -0.3 is 10.1 Å². The molecule has 0 aromatic heterocycles. The molecule has 0 atom stereocenters. The molecule has 0 radical (unpaired) electrons. The molecule has 0 aliphatic rings. The molecular weight excluding hydrogens is 286 g/mol. The van der Waals surface area contributed by atoms with Gasteiger partial charge in [0, 0.05) is 12.3 Å². The molecule has 1 aromatic rings. The van der Waals surface area contributed by atoms with Crippen LogP contribution in [0.15, 0.2) is 24.3 Å². The van der Waals surface area contributed by atoms with Crippen molar-refractivity contribution in [3.8, 4) is 5.75 Å². The van der Waals surface area contributed by atoms with Gasteiger partial charge in [-0.15, -0.1) is 0 Å². The average molecular weight is 313 g/mol. The van der Waals surface area contributed by atoms with Gasteiger partial charge in [0.1, 0.15) is 15.6 Å². The van der Waals surface area contributed by atoms with Crippen LogP contribution in [0.5, 0.6) is 5.75 Å². The summed E-state index contributed by atoms with van der Waals surface area (Å²) in [5, 5.41) is 3.39. The van der Waals surface area contributed by atoms with Crippen molar-refractivity contribution >= 4 is 9.84 Å². The van der Waals surface area contributed by atoms with Gasteiger partial charge in [-0.25, -0.2) is 8.42 Å². The molecule has 0 amide bonds. The van der Waals surface area contributed by atoms with Crippen LogP contribution < -0.4 is 10.1 Å². The van der Waals surface area contributed by atoms with Gasteiger partial charge in [0.15, 0.2) is 0 Å². The lowest BCUT2D eigenvalue weighted by molar-refractivity contribution is 0.317. The largest absolute Gasteiger partial charge is 0.494 e. The molecule has 0 unspecified atom stereocenters. The van der Waals surface area contributed by atoms with Crippen molar-refractivity contribution in [3.05, 3.63) is 29.8 Å². The van der Waals surface area contributed by atoms with E-state index in [2.05, 4.69) is 25.2 Å². The molecule has 120 valence electrons. The minimum Gasteiger partial charge on any atom is -0.494 e.